The minimum Gasteiger partial charge on any atom is -0.497 e. The van der Waals surface area contributed by atoms with Crippen LogP contribution >= 0.6 is 11.8 Å². The maximum Gasteiger partial charge on any atom is 0.316 e. The number of esters is 1. The standard InChI is InChI=1S/C22H25NO5S/c1-22(2,3)16-7-5-15(6-8-16)21(26)23-19(24)13-28-20(25)14-29-18-11-9-17(27-4)10-12-18/h5-12H,13-14H2,1-4H3,(H,23,24,26). The highest BCUT2D eigenvalue weighted by Crippen LogP contribution is 2.22. The molecule has 0 fully saturated rings. The number of imide groups is 1. The average molecular weight is 416 g/mol. The lowest BCUT2D eigenvalue weighted by atomic mass is 9.87. The molecule has 1 N–H and O–H groups in total. The molecule has 154 valence electrons. The molecular formula is C22H25NO5S. The highest BCUT2D eigenvalue weighted by Gasteiger charge is 2.16. The smallest absolute Gasteiger partial charge is 0.316 e. The molecule has 0 aromatic heterocycles. The largest absolute Gasteiger partial charge is 0.497 e. The quantitative estimate of drug-likeness (QED) is 0.550. The van der Waals surface area contributed by atoms with Gasteiger partial charge >= 0.3 is 5.97 Å². The summed E-state index contributed by atoms with van der Waals surface area (Å²) in [4.78, 5) is 36.7. The van der Waals surface area contributed by atoms with Gasteiger partial charge in [-0.1, -0.05) is 32.9 Å². The zero-order chi connectivity index (χ0) is 21.4. The van der Waals surface area contributed by atoms with Gasteiger partial charge in [0.05, 0.1) is 12.9 Å². The Labute approximate surface area is 175 Å². The van der Waals surface area contributed by atoms with Gasteiger partial charge in [0.25, 0.3) is 11.8 Å². The van der Waals surface area contributed by atoms with Gasteiger partial charge in [0, 0.05) is 10.5 Å². The van der Waals surface area contributed by atoms with Crippen LogP contribution in [0.1, 0.15) is 36.7 Å². The molecule has 0 aliphatic heterocycles. The zero-order valence-corrected chi connectivity index (χ0v) is 17.8. The monoisotopic (exact) mass is 415 g/mol. The number of methoxy groups -OCH3 is 1. The van der Waals surface area contributed by atoms with Crippen molar-refractivity contribution < 1.29 is 23.9 Å². The highest BCUT2D eigenvalue weighted by molar-refractivity contribution is 8.00. The second-order valence-corrected chi connectivity index (χ2v) is 8.38. The zero-order valence-electron chi connectivity index (χ0n) is 17.0. The van der Waals surface area contributed by atoms with E-state index in [4.69, 9.17) is 9.47 Å². The lowest BCUT2D eigenvalue weighted by Gasteiger charge is -2.18. The second kappa shape index (κ2) is 10.1. The third-order valence-corrected chi connectivity index (χ3v) is 5.03. The number of amides is 2. The van der Waals surface area contributed by atoms with Gasteiger partial charge in [-0.25, -0.2) is 0 Å². The molecule has 29 heavy (non-hydrogen) atoms. The lowest BCUT2D eigenvalue weighted by molar-refractivity contribution is -0.145. The first kappa shape index (κ1) is 22.5. The van der Waals surface area contributed by atoms with Crippen molar-refractivity contribution in [1.82, 2.24) is 5.32 Å². The van der Waals surface area contributed by atoms with Crippen molar-refractivity contribution in [1.29, 1.82) is 0 Å². The molecule has 0 bridgehead atoms. The van der Waals surface area contributed by atoms with E-state index in [-0.39, 0.29) is 11.2 Å². The lowest BCUT2D eigenvalue weighted by Crippen LogP contribution is -2.34. The van der Waals surface area contributed by atoms with Crippen LogP contribution < -0.4 is 10.1 Å². The molecule has 0 saturated carbocycles. The number of ether oxygens (including phenoxy) is 2. The molecule has 2 aromatic rings. The third-order valence-electron chi connectivity index (χ3n) is 4.05. The predicted molar refractivity (Wildman–Crippen MR) is 112 cm³/mol. The van der Waals surface area contributed by atoms with Crippen LogP contribution in [0.2, 0.25) is 0 Å². The van der Waals surface area contributed by atoms with Crippen molar-refractivity contribution in [3.63, 3.8) is 0 Å². The van der Waals surface area contributed by atoms with Crippen LogP contribution in [0.15, 0.2) is 53.4 Å². The maximum absolute atomic E-state index is 12.1. The van der Waals surface area contributed by atoms with Crippen LogP contribution in [0.4, 0.5) is 0 Å². The Morgan fingerprint density at radius 3 is 2.14 bits per heavy atom. The van der Waals surface area contributed by atoms with E-state index >= 15 is 0 Å². The van der Waals surface area contributed by atoms with Crippen LogP contribution in [0.25, 0.3) is 0 Å². The van der Waals surface area contributed by atoms with Crippen LogP contribution in [-0.4, -0.2) is 37.3 Å². The van der Waals surface area contributed by atoms with Crippen molar-refractivity contribution in [3.8, 4) is 5.75 Å². The molecule has 0 saturated heterocycles. The summed E-state index contributed by atoms with van der Waals surface area (Å²) >= 11 is 1.28. The maximum atomic E-state index is 12.1. The number of carbonyl (C=O) groups excluding carboxylic acids is 3. The van der Waals surface area contributed by atoms with Crippen LogP contribution in [0, 0.1) is 0 Å². The van der Waals surface area contributed by atoms with E-state index in [0.717, 1.165) is 16.2 Å². The Bertz CT molecular complexity index is 854. The van der Waals surface area contributed by atoms with Crippen molar-refractivity contribution in [2.24, 2.45) is 0 Å². The normalized spacial score (nSPS) is 10.9. The van der Waals surface area contributed by atoms with E-state index < -0.39 is 24.4 Å². The second-order valence-electron chi connectivity index (χ2n) is 7.33. The molecule has 6 nitrogen and oxygen atoms in total. The summed E-state index contributed by atoms with van der Waals surface area (Å²) in [6.07, 6.45) is 0. The average Bonchev–Trinajstić information content (AvgIpc) is 2.70. The van der Waals surface area contributed by atoms with E-state index in [9.17, 15) is 14.4 Å². The number of hydrogen-bond donors (Lipinski definition) is 1. The molecule has 0 aliphatic rings. The number of nitrogens with one attached hydrogen (secondary N) is 1. The molecule has 0 atom stereocenters. The fourth-order valence-electron chi connectivity index (χ4n) is 2.36. The van der Waals surface area contributed by atoms with Crippen LogP contribution in [-0.2, 0) is 19.7 Å². The van der Waals surface area contributed by atoms with Gasteiger partial charge < -0.3 is 9.47 Å². The Morgan fingerprint density at radius 1 is 0.966 bits per heavy atom. The summed E-state index contributed by atoms with van der Waals surface area (Å²) < 4.78 is 9.99. The summed E-state index contributed by atoms with van der Waals surface area (Å²) in [6.45, 7) is 5.72. The molecule has 7 heteroatoms. The van der Waals surface area contributed by atoms with Crippen molar-refractivity contribution >= 4 is 29.5 Å². The van der Waals surface area contributed by atoms with Gasteiger partial charge in [0.1, 0.15) is 5.75 Å². The van der Waals surface area contributed by atoms with Gasteiger partial charge in [-0.05, 0) is 47.4 Å². The molecular weight excluding hydrogens is 390 g/mol. The molecule has 0 heterocycles. The first-order valence-electron chi connectivity index (χ1n) is 9.06. The SMILES string of the molecule is COc1ccc(SCC(=O)OCC(=O)NC(=O)c2ccc(C(C)(C)C)cc2)cc1. The van der Waals surface area contributed by atoms with Gasteiger partial charge in [-0.2, -0.15) is 0 Å². The molecule has 2 aromatic carbocycles. The Morgan fingerprint density at radius 2 is 1.59 bits per heavy atom. The van der Waals surface area contributed by atoms with E-state index in [1.807, 2.05) is 24.3 Å². The summed E-state index contributed by atoms with van der Waals surface area (Å²) in [7, 11) is 1.58. The number of hydrogen-bond acceptors (Lipinski definition) is 6. The summed E-state index contributed by atoms with van der Waals surface area (Å²) in [5, 5.41) is 2.22. The van der Waals surface area contributed by atoms with Gasteiger partial charge in [0.15, 0.2) is 6.61 Å². The molecule has 0 aliphatic carbocycles. The number of thioether (sulfide) groups is 1. The molecule has 2 amide bonds. The molecule has 0 unspecified atom stereocenters. The predicted octanol–water partition coefficient (Wildman–Crippen LogP) is 3.58. The molecule has 0 radical (unpaired) electrons. The first-order valence-corrected chi connectivity index (χ1v) is 10.0. The van der Waals surface area contributed by atoms with Gasteiger partial charge in [-0.3, -0.25) is 19.7 Å². The number of carbonyl (C=O) groups is 3. The van der Waals surface area contributed by atoms with E-state index in [2.05, 4.69) is 26.1 Å². The fraction of sp³-hybridized carbons (Fsp3) is 0.318. The number of benzene rings is 2. The van der Waals surface area contributed by atoms with Crippen molar-refractivity contribution in [2.75, 3.05) is 19.5 Å². The number of rotatable bonds is 7. The summed E-state index contributed by atoms with van der Waals surface area (Å²) in [5.41, 5.74) is 1.43. The van der Waals surface area contributed by atoms with Crippen molar-refractivity contribution in [2.45, 2.75) is 31.1 Å². The minimum absolute atomic E-state index is 0.0249. The Kier molecular flexibility index (Phi) is 7.84. The minimum atomic E-state index is -0.669. The molecule has 0 spiro atoms. The van der Waals surface area contributed by atoms with Gasteiger partial charge in [0.2, 0.25) is 0 Å². The van der Waals surface area contributed by atoms with Crippen LogP contribution in [0.5, 0.6) is 5.75 Å². The fourth-order valence-corrected chi connectivity index (χ4v) is 3.05. The van der Waals surface area contributed by atoms with Crippen LogP contribution in [0.3, 0.4) is 0 Å². The first-order chi connectivity index (χ1) is 13.7. The van der Waals surface area contributed by atoms with Gasteiger partial charge in [-0.15, -0.1) is 11.8 Å². The van der Waals surface area contributed by atoms with E-state index in [1.165, 1.54) is 11.8 Å². The summed E-state index contributed by atoms with van der Waals surface area (Å²) in [5.74, 6) is -0.951. The van der Waals surface area contributed by atoms with Crippen molar-refractivity contribution in [3.05, 3.63) is 59.7 Å². The topological polar surface area (TPSA) is 81.7 Å². The van der Waals surface area contributed by atoms with E-state index in [1.54, 1.807) is 31.4 Å². The Balaban J connectivity index is 1.75. The summed E-state index contributed by atoms with van der Waals surface area (Å²) in [6, 6.07) is 14.3. The third kappa shape index (κ3) is 7.27. The molecule has 2 rings (SSSR count). The highest BCUT2D eigenvalue weighted by atomic mass is 32.2. The Hall–Kier alpha value is -2.80. The van der Waals surface area contributed by atoms with E-state index in [0.29, 0.717) is 5.56 Å².